The van der Waals surface area contributed by atoms with Crippen molar-refractivity contribution in [1.82, 2.24) is 9.78 Å². The summed E-state index contributed by atoms with van der Waals surface area (Å²) in [5.74, 6) is -1.01. The van der Waals surface area contributed by atoms with E-state index < -0.39 is 10.9 Å². The number of rotatable bonds is 5. The summed E-state index contributed by atoms with van der Waals surface area (Å²) in [6, 6.07) is 1.10. The second kappa shape index (κ2) is 5.78. The Kier molecular flexibility index (Phi) is 4.38. The first-order valence-electron chi connectivity index (χ1n) is 5.17. The largest absolute Gasteiger partial charge is 0.461 e. The number of aromatic nitrogens is 2. The summed E-state index contributed by atoms with van der Waals surface area (Å²) in [6.07, 6.45) is 3.97. The van der Waals surface area contributed by atoms with Gasteiger partial charge in [-0.1, -0.05) is 13.0 Å². The summed E-state index contributed by atoms with van der Waals surface area (Å²) in [4.78, 5) is 21.4. The minimum Gasteiger partial charge on any atom is -0.461 e. The van der Waals surface area contributed by atoms with E-state index >= 15 is 0 Å². The van der Waals surface area contributed by atoms with Gasteiger partial charge >= 0.3 is 11.8 Å². The van der Waals surface area contributed by atoms with Crippen LogP contribution in [0.2, 0.25) is 0 Å². The molecule has 0 radical (unpaired) electrons. The predicted molar refractivity (Wildman–Crippen MR) is 60.5 cm³/mol. The first-order valence-corrected chi connectivity index (χ1v) is 5.17. The van der Waals surface area contributed by atoms with Gasteiger partial charge in [-0.3, -0.25) is 0 Å². The zero-order valence-electron chi connectivity index (χ0n) is 9.62. The lowest BCUT2D eigenvalue weighted by Gasteiger charge is -1.98. The Labute approximate surface area is 97.8 Å². The number of allylic oxidation sites excluding steroid dienone is 1. The third-order valence-electron chi connectivity index (χ3n) is 1.88. The Hall–Kier alpha value is -2.18. The average molecular weight is 239 g/mol. The fourth-order valence-corrected chi connectivity index (χ4v) is 1.15. The number of carbonyl (C=O) groups is 1. The third-order valence-corrected chi connectivity index (χ3v) is 1.88. The molecule has 0 fully saturated rings. The van der Waals surface area contributed by atoms with E-state index in [2.05, 4.69) is 5.10 Å². The SMILES string of the molecule is CC/C=C/n1nc([N+](=O)[O-])cc1C(=O)OCC. The van der Waals surface area contributed by atoms with Crippen molar-refractivity contribution < 1.29 is 14.5 Å². The van der Waals surface area contributed by atoms with Crippen LogP contribution in [-0.2, 0) is 4.74 Å². The summed E-state index contributed by atoms with van der Waals surface area (Å²) in [5, 5.41) is 14.3. The predicted octanol–water partition coefficient (Wildman–Crippen LogP) is 1.85. The van der Waals surface area contributed by atoms with Crippen LogP contribution in [0, 0.1) is 10.1 Å². The van der Waals surface area contributed by atoms with E-state index in [0.717, 1.165) is 17.2 Å². The van der Waals surface area contributed by atoms with E-state index in [4.69, 9.17) is 4.74 Å². The van der Waals surface area contributed by atoms with Gasteiger partial charge in [-0.25, -0.2) is 4.79 Å². The molecule has 1 aromatic rings. The normalized spacial score (nSPS) is 10.7. The van der Waals surface area contributed by atoms with Crippen LogP contribution in [0.1, 0.15) is 30.8 Å². The maximum absolute atomic E-state index is 11.5. The van der Waals surface area contributed by atoms with Crippen LogP contribution < -0.4 is 0 Å². The molecule has 0 aliphatic carbocycles. The fraction of sp³-hybridized carbons (Fsp3) is 0.400. The smallest absolute Gasteiger partial charge is 0.391 e. The van der Waals surface area contributed by atoms with Crippen LogP contribution in [0.5, 0.6) is 0 Å². The molecule has 0 aromatic carbocycles. The standard InChI is InChI=1S/C10H13N3O4/c1-3-5-6-12-8(10(14)17-4-2)7-9(11-12)13(15)16/h5-7H,3-4H2,1-2H3/b6-5+. The number of carbonyl (C=O) groups excluding carboxylic acids is 1. The Morgan fingerprint density at radius 3 is 2.88 bits per heavy atom. The summed E-state index contributed by atoms with van der Waals surface area (Å²) in [6.45, 7) is 3.77. The number of hydrogen-bond donors (Lipinski definition) is 0. The molecule has 0 N–H and O–H groups in total. The van der Waals surface area contributed by atoms with Crippen molar-refractivity contribution in [3.63, 3.8) is 0 Å². The Bertz CT molecular complexity index is 450. The van der Waals surface area contributed by atoms with E-state index in [0.29, 0.717) is 0 Å². The Morgan fingerprint density at radius 1 is 1.65 bits per heavy atom. The van der Waals surface area contributed by atoms with Crippen LogP contribution in [0.25, 0.3) is 6.20 Å². The molecule has 0 amide bonds. The number of hydrogen-bond acceptors (Lipinski definition) is 5. The lowest BCUT2D eigenvalue weighted by molar-refractivity contribution is -0.389. The van der Waals surface area contributed by atoms with Crippen molar-refractivity contribution in [1.29, 1.82) is 0 Å². The van der Waals surface area contributed by atoms with E-state index in [1.165, 1.54) is 6.20 Å². The van der Waals surface area contributed by atoms with Crippen molar-refractivity contribution in [2.75, 3.05) is 6.61 Å². The molecule has 1 heterocycles. The number of esters is 1. The molecule has 17 heavy (non-hydrogen) atoms. The average Bonchev–Trinajstić information content (AvgIpc) is 2.70. The summed E-state index contributed by atoms with van der Waals surface area (Å²) in [7, 11) is 0. The van der Waals surface area contributed by atoms with Crippen molar-refractivity contribution >= 4 is 18.0 Å². The summed E-state index contributed by atoms with van der Waals surface area (Å²) < 4.78 is 5.94. The zero-order valence-corrected chi connectivity index (χ0v) is 9.62. The van der Waals surface area contributed by atoms with E-state index in [-0.39, 0.29) is 18.1 Å². The first kappa shape index (κ1) is 12.9. The Balaban J connectivity index is 3.11. The second-order valence-corrected chi connectivity index (χ2v) is 3.10. The molecule has 1 aromatic heterocycles. The lowest BCUT2D eigenvalue weighted by atomic mass is 10.4. The summed E-state index contributed by atoms with van der Waals surface area (Å²) in [5.41, 5.74) is 0.0447. The van der Waals surface area contributed by atoms with Gasteiger partial charge in [-0.15, -0.1) is 4.68 Å². The van der Waals surface area contributed by atoms with Crippen LogP contribution in [0.3, 0.4) is 0 Å². The van der Waals surface area contributed by atoms with Crippen LogP contribution in [0.15, 0.2) is 12.1 Å². The van der Waals surface area contributed by atoms with E-state index in [1.54, 1.807) is 13.0 Å². The second-order valence-electron chi connectivity index (χ2n) is 3.10. The highest BCUT2D eigenvalue weighted by molar-refractivity contribution is 5.88. The molecule has 7 nitrogen and oxygen atoms in total. The molecule has 0 atom stereocenters. The number of nitro groups is 1. The molecule has 0 unspecified atom stereocenters. The maximum Gasteiger partial charge on any atom is 0.391 e. The number of ether oxygens (including phenoxy) is 1. The van der Waals surface area contributed by atoms with Gasteiger partial charge in [0.1, 0.15) is 0 Å². The lowest BCUT2D eigenvalue weighted by Crippen LogP contribution is -2.09. The van der Waals surface area contributed by atoms with Gasteiger partial charge in [0.15, 0.2) is 5.69 Å². The van der Waals surface area contributed by atoms with Crippen LogP contribution >= 0.6 is 0 Å². The molecule has 0 aliphatic heterocycles. The molecular formula is C10H13N3O4. The molecule has 0 saturated carbocycles. The van der Waals surface area contributed by atoms with Crippen LogP contribution in [0.4, 0.5) is 5.82 Å². The highest BCUT2D eigenvalue weighted by Gasteiger charge is 2.22. The Morgan fingerprint density at radius 2 is 2.35 bits per heavy atom. The molecule has 0 saturated heterocycles. The topological polar surface area (TPSA) is 87.3 Å². The van der Waals surface area contributed by atoms with Gasteiger partial charge in [0.05, 0.1) is 17.8 Å². The van der Waals surface area contributed by atoms with Gasteiger partial charge in [0.2, 0.25) is 0 Å². The molecule has 1 rings (SSSR count). The zero-order chi connectivity index (χ0) is 12.8. The highest BCUT2D eigenvalue weighted by atomic mass is 16.6. The van der Waals surface area contributed by atoms with E-state index in [1.807, 2.05) is 6.92 Å². The summed E-state index contributed by atoms with van der Waals surface area (Å²) >= 11 is 0. The molecule has 0 aliphatic rings. The molecular weight excluding hydrogens is 226 g/mol. The highest BCUT2D eigenvalue weighted by Crippen LogP contribution is 2.13. The van der Waals surface area contributed by atoms with Crippen molar-refractivity contribution in [3.05, 3.63) is 28.0 Å². The van der Waals surface area contributed by atoms with Gasteiger partial charge in [0.25, 0.3) is 0 Å². The van der Waals surface area contributed by atoms with E-state index in [9.17, 15) is 14.9 Å². The van der Waals surface area contributed by atoms with Crippen molar-refractivity contribution in [2.24, 2.45) is 0 Å². The van der Waals surface area contributed by atoms with Gasteiger partial charge in [-0.2, -0.15) is 0 Å². The first-order chi connectivity index (χ1) is 8.10. The monoisotopic (exact) mass is 239 g/mol. The number of nitrogens with zero attached hydrogens (tertiary/aromatic N) is 3. The fourth-order valence-electron chi connectivity index (χ4n) is 1.15. The maximum atomic E-state index is 11.5. The van der Waals surface area contributed by atoms with Crippen molar-refractivity contribution in [3.8, 4) is 0 Å². The van der Waals surface area contributed by atoms with Gasteiger partial charge in [0, 0.05) is 6.20 Å². The van der Waals surface area contributed by atoms with Crippen molar-refractivity contribution in [2.45, 2.75) is 20.3 Å². The minimum atomic E-state index is -0.654. The minimum absolute atomic E-state index is 0.0447. The van der Waals surface area contributed by atoms with Gasteiger partial charge in [-0.05, 0) is 18.3 Å². The quantitative estimate of drug-likeness (QED) is 0.444. The molecule has 92 valence electrons. The molecule has 0 spiro atoms. The van der Waals surface area contributed by atoms with Crippen LogP contribution in [-0.4, -0.2) is 27.3 Å². The molecule has 0 bridgehead atoms. The van der Waals surface area contributed by atoms with Gasteiger partial charge < -0.3 is 14.9 Å². The third kappa shape index (κ3) is 3.13. The molecule has 7 heteroatoms.